The fourth-order valence-electron chi connectivity index (χ4n) is 1.74. The van der Waals surface area contributed by atoms with Crippen LogP contribution >= 0.6 is 0 Å². The summed E-state index contributed by atoms with van der Waals surface area (Å²) >= 11 is 0. The second-order valence-electron chi connectivity index (χ2n) is 4.05. The first kappa shape index (κ1) is 13.2. The van der Waals surface area contributed by atoms with Crippen molar-refractivity contribution in [2.24, 2.45) is 5.73 Å². The summed E-state index contributed by atoms with van der Waals surface area (Å²) in [5.74, 6) is 0. The van der Waals surface area contributed by atoms with Crippen molar-refractivity contribution in [2.45, 2.75) is 38.7 Å². The molecule has 0 saturated heterocycles. The molecule has 1 unspecified atom stereocenters. The SMILES string of the molecule is CCCCCOC(CCN)c1ccccc1. The van der Waals surface area contributed by atoms with Gasteiger partial charge in [0.1, 0.15) is 0 Å². The van der Waals surface area contributed by atoms with Crippen molar-refractivity contribution >= 4 is 0 Å². The fraction of sp³-hybridized carbons (Fsp3) is 0.571. The van der Waals surface area contributed by atoms with Gasteiger partial charge in [-0.3, -0.25) is 0 Å². The molecule has 16 heavy (non-hydrogen) atoms. The van der Waals surface area contributed by atoms with Crippen LogP contribution in [-0.4, -0.2) is 13.2 Å². The van der Waals surface area contributed by atoms with E-state index in [4.69, 9.17) is 10.5 Å². The normalized spacial score (nSPS) is 12.6. The third-order valence-corrected chi connectivity index (χ3v) is 2.67. The van der Waals surface area contributed by atoms with Crippen molar-refractivity contribution < 1.29 is 4.74 Å². The molecule has 0 heterocycles. The molecule has 0 fully saturated rings. The number of hydrogen-bond donors (Lipinski definition) is 1. The highest BCUT2D eigenvalue weighted by Gasteiger charge is 2.09. The van der Waals surface area contributed by atoms with E-state index in [2.05, 4.69) is 19.1 Å². The van der Waals surface area contributed by atoms with E-state index < -0.39 is 0 Å². The van der Waals surface area contributed by atoms with Gasteiger partial charge in [0.05, 0.1) is 6.10 Å². The lowest BCUT2D eigenvalue weighted by atomic mass is 10.1. The lowest BCUT2D eigenvalue weighted by Crippen LogP contribution is -2.11. The average Bonchev–Trinajstić information content (AvgIpc) is 2.34. The third-order valence-electron chi connectivity index (χ3n) is 2.67. The summed E-state index contributed by atoms with van der Waals surface area (Å²) in [5.41, 5.74) is 6.86. The van der Waals surface area contributed by atoms with E-state index in [0.717, 1.165) is 19.4 Å². The van der Waals surface area contributed by atoms with Crippen LogP contribution in [0.3, 0.4) is 0 Å². The first-order chi connectivity index (χ1) is 7.88. The molecule has 0 aliphatic carbocycles. The molecule has 0 radical (unpaired) electrons. The molecule has 2 heteroatoms. The number of rotatable bonds is 8. The average molecular weight is 221 g/mol. The largest absolute Gasteiger partial charge is 0.373 e. The maximum atomic E-state index is 5.89. The van der Waals surface area contributed by atoms with Crippen LogP contribution in [-0.2, 0) is 4.74 Å². The van der Waals surface area contributed by atoms with Gasteiger partial charge < -0.3 is 10.5 Å². The number of benzene rings is 1. The Morgan fingerprint density at radius 2 is 1.94 bits per heavy atom. The Balaban J connectivity index is 2.41. The van der Waals surface area contributed by atoms with E-state index in [0.29, 0.717) is 6.54 Å². The van der Waals surface area contributed by atoms with Crippen LogP contribution in [0.1, 0.15) is 44.3 Å². The van der Waals surface area contributed by atoms with Gasteiger partial charge in [0, 0.05) is 6.61 Å². The minimum Gasteiger partial charge on any atom is -0.373 e. The molecule has 90 valence electrons. The van der Waals surface area contributed by atoms with Crippen LogP contribution in [0.2, 0.25) is 0 Å². The van der Waals surface area contributed by atoms with Crippen LogP contribution < -0.4 is 5.73 Å². The number of nitrogens with two attached hydrogens (primary N) is 1. The van der Waals surface area contributed by atoms with Gasteiger partial charge in [-0.2, -0.15) is 0 Å². The predicted octanol–water partition coefficient (Wildman–Crippen LogP) is 3.28. The Morgan fingerprint density at radius 1 is 1.19 bits per heavy atom. The minimum atomic E-state index is 0.169. The van der Waals surface area contributed by atoms with Crippen molar-refractivity contribution in [3.63, 3.8) is 0 Å². The van der Waals surface area contributed by atoms with E-state index in [9.17, 15) is 0 Å². The van der Waals surface area contributed by atoms with Gasteiger partial charge in [-0.15, -0.1) is 0 Å². The molecule has 0 amide bonds. The molecule has 2 nitrogen and oxygen atoms in total. The summed E-state index contributed by atoms with van der Waals surface area (Å²) < 4.78 is 5.89. The highest BCUT2D eigenvalue weighted by Crippen LogP contribution is 2.20. The summed E-state index contributed by atoms with van der Waals surface area (Å²) in [4.78, 5) is 0. The van der Waals surface area contributed by atoms with E-state index >= 15 is 0 Å². The molecule has 0 aliphatic heterocycles. The van der Waals surface area contributed by atoms with Crippen LogP contribution in [0.25, 0.3) is 0 Å². The molecule has 2 N–H and O–H groups in total. The first-order valence-electron chi connectivity index (χ1n) is 6.25. The predicted molar refractivity (Wildman–Crippen MR) is 68.3 cm³/mol. The molecule has 0 spiro atoms. The summed E-state index contributed by atoms with van der Waals surface area (Å²) in [6.45, 7) is 3.72. The van der Waals surface area contributed by atoms with Crippen LogP contribution in [0.5, 0.6) is 0 Å². The van der Waals surface area contributed by atoms with Crippen molar-refractivity contribution in [1.82, 2.24) is 0 Å². The zero-order chi connectivity index (χ0) is 11.6. The standard InChI is InChI=1S/C14H23NO/c1-2-3-7-12-16-14(10-11-15)13-8-5-4-6-9-13/h4-6,8-9,14H,2-3,7,10-12,15H2,1H3. The highest BCUT2D eigenvalue weighted by molar-refractivity contribution is 5.17. The van der Waals surface area contributed by atoms with Crippen molar-refractivity contribution in [1.29, 1.82) is 0 Å². The van der Waals surface area contributed by atoms with Crippen molar-refractivity contribution in [2.75, 3.05) is 13.2 Å². The van der Waals surface area contributed by atoms with Gasteiger partial charge in [0.15, 0.2) is 0 Å². The molecular formula is C14H23NO. The van der Waals surface area contributed by atoms with Crippen LogP contribution in [0, 0.1) is 0 Å². The van der Waals surface area contributed by atoms with Crippen molar-refractivity contribution in [3.8, 4) is 0 Å². The molecule has 1 atom stereocenters. The van der Waals surface area contributed by atoms with Gasteiger partial charge in [-0.05, 0) is 24.9 Å². The Hall–Kier alpha value is -0.860. The molecule has 0 aliphatic rings. The van der Waals surface area contributed by atoms with Gasteiger partial charge >= 0.3 is 0 Å². The summed E-state index contributed by atoms with van der Waals surface area (Å²) in [5, 5.41) is 0. The lowest BCUT2D eigenvalue weighted by molar-refractivity contribution is 0.0458. The second kappa shape index (κ2) is 8.31. The molecule has 0 aromatic heterocycles. The molecule has 0 bridgehead atoms. The monoisotopic (exact) mass is 221 g/mol. The van der Waals surface area contributed by atoms with Gasteiger partial charge in [0.2, 0.25) is 0 Å². The Labute approximate surface area is 98.8 Å². The Morgan fingerprint density at radius 3 is 2.56 bits per heavy atom. The Kier molecular flexibility index (Phi) is 6.86. The topological polar surface area (TPSA) is 35.2 Å². The number of ether oxygens (including phenoxy) is 1. The summed E-state index contributed by atoms with van der Waals surface area (Å²) in [7, 11) is 0. The Bertz CT molecular complexity index is 261. The highest BCUT2D eigenvalue weighted by atomic mass is 16.5. The first-order valence-corrected chi connectivity index (χ1v) is 6.25. The fourth-order valence-corrected chi connectivity index (χ4v) is 1.74. The molecule has 1 rings (SSSR count). The molecule has 1 aromatic carbocycles. The van der Waals surface area contributed by atoms with Crippen LogP contribution in [0.15, 0.2) is 30.3 Å². The van der Waals surface area contributed by atoms with E-state index in [1.165, 1.54) is 18.4 Å². The summed E-state index contributed by atoms with van der Waals surface area (Å²) in [6, 6.07) is 10.4. The molecule has 0 saturated carbocycles. The summed E-state index contributed by atoms with van der Waals surface area (Å²) in [6.07, 6.45) is 4.68. The lowest BCUT2D eigenvalue weighted by Gasteiger charge is -2.17. The van der Waals surface area contributed by atoms with Crippen LogP contribution in [0.4, 0.5) is 0 Å². The number of unbranched alkanes of at least 4 members (excludes halogenated alkanes) is 2. The zero-order valence-corrected chi connectivity index (χ0v) is 10.2. The third kappa shape index (κ3) is 4.77. The second-order valence-corrected chi connectivity index (χ2v) is 4.05. The molecule has 1 aromatic rings. The maximum Gasteiger partial charge on any atom is 0.0836 e. The smallest absolute Gasteiger partial charge is 0.0836 e. The van der Waals surface area contributed by atoms with E-state index in [-0.39, 0.29) is 6.10 Å². The zero-order valence-electron chi connectivity index (χ0n) is 10.2. The van der Waals surface area contributed by atoms with Crippen molar-refractivity contribution in [3.05, 3.63) is 35.9 Å². The maximum absolute atomic E-state index is 5.89. The quantitative estimate of drug-likeness (QED) is 0.684. The number of hydrogen-bond acceptors (Lipinski definition) is 2. The van der Waals surface area contributed by atoms with E-state index in [1.807, 2.05) is 18.2 Å². The van der Waals surface area contributed by atoms with Gasteiger partial charge in [-0.25, -0.2) is 0 Å². The molecular weight excluding hydrogens is 198 g/mol. The van der Waals surface area contributed by atoms with Gasteiger partial charge in [0.25, 0.3) is 0 Å². The minimum absolute atomic E-state index is 0.169. The van der Waals surface area contributed by atoms with E-state index in [1.54, 1.807) is 0 Å². The van der Waals surface area contributed by atoms with Gasteiger partial charge in [-0.1, -0.05) is 50.1 Å².